The summed E-state index contributed by atoms with van der Waals surface area (Å²) < 4.78 is 27.1. The van der Waals surface area contributed by atoms with Crippen molar-refractivity contribution in [3.8, 4) is 0 Å². The monoisotopic (exact) mass is 690 g/mol. The predicted octanol–water partition coefficient (Wildman–Crippen LogP) is 4.76. The van der Waals surface area contributed by atoms with E-state index in [1.54, 1.807) is 18.2 Å². The molecule has 0 aliphatic heterocycles. The molecule has 0 radical (unpaired) electrons. The fourth-order valence-corrected chi connectivity index (χ4v) is 8.42. The van der Waals surface area contributed by atoms with Crippen molar-refractivity contribution in [2.75, 3.05) is 25.5 Å². The van der Waals surface area contributed by atoms with Gasteiger partial charge in [-0.3, -0.25) is 9.59 Å². The van der Waals surface area contributed by atoms with Gasteiger partial charge in [-0.15, -0.1) is 11.3 Å². The van der Waals surface area contributed by atoms with Crippen LogP contribution in [0.1, 0.15) is 70.4 Å². The van der Waals surface area contributed by atoms with Crippen molar-refractivity contribution in [3.63, 3.8) is 0 Å². The zero-order chi connectivity index (χ0) is 34.4. The van der Waals surface area contributed by atoms with E-state index in [1.807, 2.05) is 36.4 Å². The second-order valence-electron chi connectivity index (χ2n) is 11.9. The molecule has 10 nitrogen and oxygen atoms in total. The number of aliphatic hydroxyl groups is 2. The number of aryl methyl sites for hydroxylation is 3. The molecule has 1 unspecified atom stereocenters. The summed E-state index contributed by atoms with van der Waals surface area (Å²) in [6.07, 6.45) is 3.72. The van der Waals surface area contributed by atoms with Crippen molar-refractivity contribution in [2.24, 2.45) is 0 Å². The summed E-state index contributed by atoms with van der Waals surface area (Å²) in [4.78, 5) is 40.0. The number of nitrogens with one attached hydrogen (secondary N) is 1. The van der Waals surface area contributed by atoms with E-state index in [0.29, 0.717) is 16.1 Å². The van der Waals surface area contributed by atoms with Crippen LogP contribution < -0.4 is 5.32 Å². The van der Waals surface area contributed by atoms with Gasteiger partial charge >= 0.3 is 5.97 Å². The first-order valence-corrected chi connectivity index (χ1v) is 18.0. The number of Topliss-reactive ketones (excluding diaryl/α,β-unsaturated/α-hetero) is 1. The summed E-state index contributed by atoms with van der Waals surface area (Å²) in [5.41, 5.74) is 4.64. The van der Waals surface area contributed by atoms with Gasteiger partial charge in [-0.2, -0.15) is 4.31 Å². The molecule has 1 aromatic heterocycles. The zero-order valence-corrected chi connectivity index (χ0v) is 28.1. The zero-order valence-electron chi connectivity index (χ0n) is 26.5. The number of carboxylic acids is 1. The average Bonchev–Trinajstić information content (AvgIpc) is 3.45. The van der Waals surface area contributed by atoms with Crippen LogP contribution in [0.3, 0.4) is 0 Å². The Kier molecular flexibility index (Phi) is 11.2. The molecule has 1 aliphatic carbocycles. The summed E-state index contributed by atoms with van der Waals surface area (Å²) in [7, 11) is -2.73. The molecule has 4 N–H and O–H groups in total. The number of rotatable bonds is 14. The first-order chi connectivity index (χ1) is 23.0. The van der Waals surface area contributed by atoms with Gasteiger partial charge in [0.1, 0.15) is 0 Å². The maximum atomic E-state index is 13.7. The highest BCUT2D eigenvalue weighted by Gasteiger charge is 2.28. The Hall–Kier alpha value is -4.20. The highest BCUT2D eigenvalue weighted by molar-refractivity contribution is 7.89. The molecule has 1 aliphatic rings. The number of hydrogen-bond donors (Lipinski definition) is 4. The van der Waals surface area contributed by atoms with E-state index in [0.717, 1.165) is 64.4 Å². The number of anilines is 1. The lowest BCUT2D eigenvalue weighted by atomic mass is 9.93. The molecule has 0 saturated carbocycles. The third-order valence-electron chi connectivity index (χ3n) is 8.45. The van der Waals surface area contributed by atoms with Gasteiger partial charge in [0.05, 0.1) is 28.7 Å². The number of sulfonamides is 1. The van der Waals surface area contributed by atoms with Crippen molar-refractivity contribution in [2.45, 2.75) is 55.9 Å². The van der Waals surface area contributed by atoms with Gasteiger partial charge in [0.25, 0.3) is 5.91 Å². The highest BCUT2D eigenvalue weighted by Crippen LogP contribution is 2.36. The summed E-state index contributed by atoms with van der Waals surface area (Å²) in [6.45, 7) is -0.887. The molecular weight excluding hydrogens is 653 g/mol. The third-order valence-corrected chi connectivity index (χ3v) is 11.6. The van der Waals surface area contributed by atoms with Gasteiger partial charge in [-0.25, -0.2) is 13.2 Å². The number of carbonyl (C=O) groups is 3. The Morgan fingerprint density at radius 1 is 0.917 bits per heavy atom. The first kappa shape index (κ1) is 35.1. The molecule has 0 saturated heterocycles. The van der Waals surface area contributed by atoms with E-state index < -0.39 is 28.7 Å². The normalized spacial score (nSPS) is 13.6. The quantitative estimate of drug-likeness (QED) is 0.138. The van der Waals surface area contributed by atoms with Crippen LogP contribution in [0.25, 0.3) is 0 Å². The third kappa shape index (κ3) is 8.26. The minimum atomic E-state index is -4.03. The lowest BCUT2D eigenvalue weighted by Crippen LogP contribution is -2.35. The lowest BCUT2D eigenvalue weighted by molar-refractivity contribution is 0.0696. The van der Waals surface area contributed by atoms with Gasteiger partial charge in [-0.05, 0) is 91.6 Å². The maximum absolute atomic E-state index is 13.7. The van der Waals surface area contributed by atoms with Crippen LogP contribution in [0, 0.1) is 0 Å². The molecule has 1 heterocycles. The number of aliphatic hydroxyl groups excluding tert-OH is 2. The summed E-state index contributed by atoms with van der Waals surface area (Å²) in [5, 5.41) is 30.9. The summed E-state index contributed by atoms with van der Waals surface area (Å²) >= 11 is 1.46. The smallest absolute Gasteiger partial charge is 0.335 e. The van der Waals surface area contributed by atoms with Gasteiger partial charge < -0.3 is 20.6 Å². The Balaban J connectivity index is 1.29. The van der Waals surface area contributed by atoms with Crippen LogP contribution in [0.2, 0.25) is 0 Å². The van der Waals surface area contributed by atoms with Crippen molar-refractivity contribution in [1.29, 1.82) is 0 Å². The van der Waals surface area contributed by atoms with E-state index >= 15 is 0 Å². The molecule has 48 heavy (non-hydrogen) atoms. The van der Waals surface area contributed by atoms with E-state index in [9.17, 15) is 27.9 Å². The minimum Gasteiger partial charge on any atom is -0.478 e. The van der Waals surface area contributed by atoms with Gasteiger partial charge in [0, 0.05) is 41.0 Å². The molecule has 0 bridgehead atoms. The van der Waals surface area contributed by atoms with E-state index in [2.05, 4.69) is 5.32 Å². The Bertz CT molecular complexity index is 1900. The number of aromatic carboxylic acids is 1. The van der Waals surface area contributed by atoms with E-state index in [4.69, 9.17) is 10.2 Å². The largest absolute Gasteiger partial charge is 0.478 e. The molecule has 3 aromatic carbocycles. The Labute approximate surface area is 283 Å². The van der Waals surface area contributed by atoms with Crippen LogP contribution in [-0.4, -0.2) is 72.0 Å². The van der Waals surface area contributed by atoms with Crippen molar-refractivity contribution in [1.82, 2.24) is 4.31 Å². The van der Waals surface area contributed by atoms with E-state index in [-0.39, 0.29) is 40.7 Å². The van der Waals surface area contributed by atoms with Crippen molar-refractivity contribution in [3.05, 3.63) is 116 Å². The molecule has 1 atom stereocenters. The molecule has 252 valence electrons. The molecule has 12 heteroatoms. The fraction of sp³-hybridized carbons (Fsp3) is 0.306. The minimum absolute atomic E-state index is 0.0602. The van der Waals surface area contributed by atoms with Gasteiger partial charge in [0.2, 0.25) is 10.0 Å². The number of carboxylic acid groups (broad SMARTS) is 1. The molecule has 0 fully saturated rings. The topological polar surface area (TPSA) is 161 Å². The molecular formula is C36H38N2O8S2. The average molecular weight is 691 g/mol. The Morgan fingerprint density at radius 3 is 2.21 bits per heavy atom. The summed E-state index contributed by atoms with van der Waals surface area (Å²) in [6, 6.07) is 20.1. The number of hydrogen-bond acceptors (Lipinski definition) is 8. The first-order valence-electron chi connectivity index (χ1n) is 15.7. The number of amides is 1. The summed E-state index contributed by atoms with van der Waals surface area (Å²) in [5.74, 6) is -1.56. The predicted molar refractivity (Wildman–Crippen MR) is 184 cm³/mol. The lowest BCUT2D eigenvalue weighted by Gasteiger charge is -2.19. The van der Waals surface area contributed by atoms with Crippen LogP contribution in [0.4, 0.5) is 5.69 Å². The van der Waals surface area contributed by atoms with Crippen LogP contribution in [0.15, 0.2) is 77.7 Å². The number of carbonyl (C=O) groups excluding carboxylic acids is 2. The number of fused-ring (bicyclic) bond motifs is 1. The molecule has 4 aromatic rings. The maximum Gasteiger partial charge on any atom is 0.335 e. The van der Waals surface area contributed by atoms with Gasteiger partial charge in [0.15, 0.2) is 5.78 Å². The number of nitrogens with zero attached hydrogens (tertiary/aromatic N) is 1. The number of likely N-dealkylation sites (N-methyl/N-ethyl adjacent to an activating group) is 1. The number of ketones is 1. The number of benzene rings is 3. The molecule has 5 rings (SSSR count). The van der Waals surface area contributed by atoms with Crippen molar-refractivity contribution < 1.29 is 38.1 Å². The highest BCUT2D eigenvalue weighted by atomic mass is 32.2. The van der Waals surface area contributed by atoms with E-state index in [1.165, 1.54) is 36.6 Å². The Morgan fingerprint density at radius 2 is 1.56 bits per heavy atom. The second kappa shape index (κ2) is 15.3. The fourth-order valence-electron chi connectivity index (χ4n) is 5.77. The molecule has 0 spiro atoms. The van der Waals surface area contributed by atoms with Crippen LogP contribution in [-0.2, 0) is 42.1 Å². The van der Waals surface area contributed by atoms with Crippen LogP contribution in [0.5, 0.6) is 0 Å². The van der Waals surface area contributed by atoms with Crippen LogP contribution >= 0.6 is 11.3 Å². The SMILES string of the molecule is CN(CC(O)CO)S(=O)(=O)c1cccc(C(=O)Cc2sc3c(c2C(=O)Nc2ccc(CCc4ccc(C(=O)O)cc4)cc2)CCCC3)c1. The number of thiophene rings is 1. The van der Waals surface area contributed by atoms with Crippen molar-refractivity contribution >= 4 is 44.7 Å². The second-order valence-corrected chi connectivity index (χ2v) is 15.1. The van der Waals surface area contributed by atoms with Gasteiger partial charge in [-0.1, -0.05) is 36.4 Å². The standard InChI is InChI=1S/C36H38N2O8S2/c1-38(21-28(40)22-39)48(45,46)29-6-4-5-26(19-29)31(41)20-33-34(30-7-2-3-8-32(30)47-33)35(42)37-27-17-13-24(14-18-27)10-9-23-11-15-25(16-12-23)36(43)44/h4-6,11-19,28,39-40H,2-3,7-10,20-22H2,1H3,(H,37,42)(H,43,44). The molecule has 1 amide bonds.